The first kappa shape index (κ1) is 22.7. The number of hydrogen-bond donors (Lipinski definition) is 3. The molecule has 0 bridgehead atoms. The third-order valence-electron chi connectivity index (χ3n) is 3.37. The fraction of sp³-hybridized carbons (Fsp3) is 1.00. The van der Waals surface area contributed by atoms with Gasteiger partial charge in [0.05, 0.1) is 24.9 Å². The number of hydrogen-bond acceptors (Lipinski definition) is 8. The Bertz CT molecular complexity index is 383. The van der Waals surface area contributed by atoms with Gasteiger partial charge in [-0.3, -0.25) is 4.18 Å². The van der Waals surface area contributed by atoms with Gasteiger partial charge < -0.3 is 24.8 Å². The van der Waals surface area contributed by atoms with E-state index in [-0.39, 0.29) is 36.0 Å². The molecule has 126 valence electrons. The van der Waals surface area contributed by atoms with Crippen molar-refractivity contribution >= 4 is 10.4 Å². The number of aliphatic hydroxyl groups is 2. The molecule has 1 aliphatic heterocycles. The van der Waals surface area contributed by atoms with E-state index in [9.17, 15) is 23.2 Å². The first-order valence-electron chi connectivity index (χ1n) is 7.18. The van der Waals surface area contributed by atoms with Crippen LogP contribution in [0.2, 0.25) is 0 Å². The zero-order valence-corrected chi connectivity index (χ0v) is 15.9. The molecule has 0 spiro atoms. The van der Waals surface area contributed by atoms with E-state index in [0.29, 0.717) is 6.54 Å². The van der Waals surface area contributed by atoms with Crippen LogP contribution in [0.25, 0.3) is 0 Å². The van der Waals surface area contributed by atoms with Crippen LogP contribution < -0.4 is 34.9 Å². The third-order valence-corrected chi connectivity index (χ3v) is 3.79. The summed E-state index contributed by atoms with van der Waals surface area (Å²) in [6, 6.07) is -0.633. The molecule has 22 heavy (non-hydrogen) atoms. The van der Waals surface area contributed by atoms with Gasteiger partial charge in [0.1, 0.15) is 0 Å². The molecule has 0 aromatic carbocycles. The Balaban J connectivity index is 0.00000441. The molecule has 1 aliphatic rings. The van der Waals surface area contributed by atoms with Gasteiger partial charge in [-0.2, -0.15) is 0 Å². The van der Waals surface area contributed by atoms with Gasteiger partial charge in [0.2, 0.25) is 10.4 Å². The van der Waals surface area contributed by atoms with Crippen molar-refractivity contribution in [3.05, 3.63) is 0 Å². The van der Waals surface area contributed by atoms with Gasteiger partial charge in [0.15, 0.2) is 6.29 Å². The van der Waals surface area contributed by atoms with E-state index in [1.807, 2.05) is 0 Å². The van der Waals surface area contributed by atoms with Gasteiger partial charge in [-0.05, 0) is 13.0 Å². The predicted octanol–water partition coefficient (Wildman–Crippen LogP) is -3.53. The summed E-state index contributed by atoms with van der Waals surface area (Å²) in [7, 11) is -4.80. The van der Waals surface area contributed by atoms with Crippen molar-refractivity contribution in [3.63, 3.8) is 0 Å². The van der Waals surface area contributed by atoms with Crippen LogP contribution in [0.15, 0.2) is 0 Å². The zero-order valence-electron chi connectivity index (χ0n) is 13.1. The molecule has 0 amide bonds. The average molecular weight is 349 g/mol. The molecule has 8 nitrogen and oxygen atoms in total. The van der Waals surface area contributed by atoms with Crippen molar-refractivity contribution in [2.45, 2.75) is 63.6 Å². The van der Waals surface area contributed by atoms with Crippen molar-refractivity contribution in [1.29, 1.82) is 0 Å². The molecule has 1 heterocycles. The van der Waals surface area contributed by atoms with E-state index in [0.717, 1.165) is 25.7 Å². The Kier molecular flexibility index (Phi) is 11.7. The monoisotopic (exact) mass is 349 g/mol. The van der Waals surface area contributed by atoms with Gasteiger partial charge in [-0.25, -0.2) is 8.42 Å². The van der Waals surface area contributed by atoms with Gasteiger partial charge in [-0.1, -0.05) is 26.2 Å². The van der Waals surface area contributed by atoms with Crippen LogP contribution in [0, 0.1) is 0 Å². The Morgan fingerprint density at radius 1 is 1.32 bits per heavy atom. The molecule has 10 heteroatoms. The maximum atomic E-state index is 10.4. The van der Waals surface area contributed by atoms with Crippen molar-refractivity contribution < 1.29 is 61.7 Å². The van der Waals surface area contributed by atoms with E-state index in [1.165, 1.54) is 0 Å². The average Bonchev–Trinajstić information content (AvgIpc) is 2.38. The first-order valence-corrected chi connectivity index (χ1v) is 8.52. The zero-order chi connectivity index (χ0) is 15.9. The smallest absolute Gasteiger partial charge is 0.726 e. The third kappa shape index (κ3) is 9.11. The second-order valence-electron chi connectivity index (χ2n) is 5.19. The minimum Gasteiger partial charge on any atom is -0.726 e. The largest absolute Gasteiger partial charge is 1.00 e. The Hall–Kier alpha value is 0.710. The minimum atomic E-state index is -4.80. The van der Waals surface area contributed by atoms with Crippen LogP contribution in [0.3, 0.4) is 0 Å². The Morgan fingerprint density at radius 3 is 2.55 bits per heavy atom. The van der Waals surface area contributed by atoms with Gasteiger partial charge in [-0.15, -0.1) is 0 Å². The van der Waals surface area contributed by atoms with E-state index < -0.39 is 41.5 Å². The molecule has 1 rings (SSSR count). The quantitative estimate of drug-likeness (QED) is 0.169. The van der Waals surface area contributed by atoms with Crippen LogP contribution in [0.1, 0.15) is 39.0 Å². The van der Waals surface area contributed by atoms with E-state index >= 15 is 0 Å². The summed E-state index contributed by atoms with van der Waals surface area (Å²) in [6.07, 6.45) is 1.34. The van der Waals surface area contributed by atoms with Gasteiger partial charge >= 0.3 is 29.6 Å². The summed E-state index contributed by atoms with van der Waals surface area (Å²) in [5, 5.41) is 22.8. The minimum absolute atomic E-state index is 0. The van der Waals surface area contributed by atoms with Crippen molar-refractivity contribution in [3.8, 4) is 0 Å². The normalized spacial score (nSPS) is 29.1. The van der Waals surface area contributed by atoms with E-state index in [2.05, 4.69) is 16.4 Å². The number of rotatable bonds is 9. The summed E-state index contributed by atoms with van der Waals surface area (Å²) < 4.78 is 40.3. The number of nitrogens with one attached hydrogen (secondary N) is 1. The molecular weight excluding hydrogens is 325 g/mol. The number of unbranched alkanes of at least 4 members (excludes halogenated alkanes) is 3. The summed E-state index contributed by atoms with van der Waals surface area (Å²) in [4.78, 5) is 0. The topological polar surface area (TPSA) is 128 Å². The second-order valence-corrected chi connectivity index (χ2v) is 6.24. The second kappa shape index (κ2) is 11.3. The van der Waals surface area contributed by atoms with E-state index in [1.54, 1.807) is 0 Å². The molecule has 0 aromatic heterocycles. The molecule has 4 unspecified atom stereocenters. The summed E-state index contributed by atoms with van der Waals surface area (Å²) >= 11 is 0. The molecule has 1 fully saturated rings. The van der Waals surface area contributed by atoms with Crippen LogP contribution in [-0.4, -0.2) is 60.9 Å². The number of aliphatic hydroxyl groups excluding tert-OH is 2. The van der Waals surface area contributed by atoms with Crippen molar-refractivity contribution in [2.75, 3.05) is 13.2 Å². The van der Waals surface area contributed by atoms with Gasteiger partial charge in [0, 0.05) is 6.42 Å². The molecule has 0 saturated carbocycles. The SMILES string of the molecule is CCCCCCNC1C(O)CC(COS(=O)(=O)[O-])OC1O.[Na+]. The molecule has 4 atom stereocenters. The van der Waals surface area contributed by atoms with Gasteiger partial charge in [0.25, 0.3) is 0 Å². The molecule has 0 radical (unpaired) electrons. The van der Waals surface area contributed by atoms with Crippen LogP contribution in [-0.2, 0) is 19.3 Å². The van der Waals surface area contributed by atoms with Crippen molar-refractivity contribution in [2.24, 2.45) is 0 Å². The maximum Gasteiger partial charge on any atom is 1.00 e. The van der Waals surface area contributed by atoms with Crippen molar-refractivity contribution in [1.82, 2.24) is 5.32 Å². The molecular formula is C12H24NNaO7S. The summed E-state index contributed by atoms with van der Waals surface area (Å²) in [5.41, 5.74) is 0. The molecule has 0 aliphatic carbocycles. The summed E-state index contributed by atoms with van der Waals surface area (Å²) in [6.45, 7) is 2.25. The Morgan fingerprint density at radius 2 is 2.00 bits per heavy atom. The predicted molar refractivity (Wildman–Crippen MR) is 73.1 cm³/mol. The molecule has 1 saturated heterocycles. The van der Waals surface area contributed by atoms with E-state index in [4.69, 9.17) is 4.74 Å². The molecule has 0 aromatic rings. The standard InChI is InChI=1S/C12H25NO7S.Na/c1-2-3-4-5-6-13-11-10(14)7-9(20-12(11)15)8-19-21(16,17)18;/h9-15H,2-8H2,1H3,(H,16,17,18);/q;+1/p-1. The first-order chi connectivity index (χ1) is 9.83. The van der Waals surface area contributed by atoms with Crippen LogP contribution >= 0.6 is 0 Å². The van der Waals surface area contributed by atoms with Crippen LogP contribution in [0.5, 0.6) is 0 Å². The number of ether oxygens (including phenoxy) is 1. The maximum absolute atomic E-state index is 10.4. The Labute approximate surface area is 153 Å². The molecule has 3 N–H and O–H groups in total. The fourth-order valence-electron chi connectivity index (χ4n) is 2.27. The van der Waals surface area contributed by atoms with Crippen LogP contribution in [0.4, 0.5) is 0 Å². The summed E-state index contributed by atoms with van der Waals surface area (Å²) in [5.74, 6) is 0. The fourth-order valence-corrected chi connectivity index (χ4v) is 2.59.